The number of benzene rings is 2. The van der Waals surface area contributed by atoms with E-state index in [0.29, 0.717) is 16.1 Å². The molecule has 1 N–H and O–H groups in total. The van der Waals surface area contributed by atoms with Gasteiger partial charge in [0.1, 0.15) is 23.7 Å². The maximum atomic E-state index is 12.3. The highest BCUT2D eigenvalue weighted by Crippen LogP contribution is 2.21. The molecule has 0 radical (unpaired) electrons. The van der Waals surface area contributed by atoms with Crippen molar-refractivity contribution in [3.8, 4) is 5.75 Å². The molecule has 1 amide bonds. The molecule has 0 aliphatic heterocycles. The highest BCUT2D eigenvalue weighted by Gasteiger charge is 2.22. The second-order valence-electron chi connectivity index (χ2n) is 6.66. The Labute approximate surface area is 187 Å². The van der Waals surface area contributed by atoms with Crippen LogP contribution >= 0.6 is 11.6 Å². The molecule has 0 fully saturated rings. The predicted octanol–water partition coefficient (Wildman–Crippen LogP) is 3.43. The van der Waals surface area contributed by atoms with Gasteiger partial charge >= 0.3 is 11.7 Å². The van der Waals surface area contributed by atoms with Crippen LogP contribution in [0.15, 0.2) is 53.6 Å². The minimum atomic E-state index is -0.572. The molecule has 32 heavy (non-hydrogen) atoms. The van der Waals surface area contributed by atoms with Crippen molar-refractivity contribution < 1.29 is 19.2 Å². The summed E-state index contributed by atoms with van der Waals surface area (Å²) in [6, 6.07) is 12.9. The van der Waals surface area contributed by atoms with Crippen LogP contribution in [0.5, 0.6) is 5.75 Å². The number of halogens is 1. The number of ether oxygens (including phenoxy) is 1. The van der Waals surface area contributed by atoms with Gasteiger partial charge in [0.05, 0.1) is 16.7 Å². The van der Waals surface area contributed by atoms with E-state index >= 15 is 0 Å². The first-order valence-electron chi connectivity index (χ1n) is 9.33. The lowest BCUT2D eigenvalue weighted by atomic mass is 10.2. The van der Waals surface area contributed by atoms with Gasteiger partial charge in [-0.2, -0.15) is 10.2 Å². The number of nitrogens with zero attached hydrogens (tertiary/aromatic N) is 4. The minimum Gasteiger partial charge on any atom is -0.422 e. The summed E-state index contributed by atoms with van der Waals surface area (Å²) in [5.41, 5.74) is 3.48. The molecule has 0 saturated carbocycles. The summed E-state index contributed by atoms with van der Waals surface area (Å²) in [6.07, 6.45) is 1.33. The highest BCUT2D eigenvalue weighted by molar-refractivity contribution is 6.30. The number of rotatable bonds is 7. The van der Waals surface area contributed by atoms with E-state index in [1.165, 1.54) is 24.7 Å². The number of esters is 1. The van der Waals surface area contributed by atoms with Crippen LogP contribution in [0.1, 0.15) is 27.3 Å². The number of carbonyl (C=O) groups excluding carboxylic acids is 2. The molecule has 11 heteroatoms. The Balaban J connectivity index is 1.65. The van der Waals surface area contributed by atoms with Gasteiger partial charge in [-0.1, -0.05) is 23.7 Å². The maximum absolute atomic E-state index is 12.3. The lowest BCUT2D eigenvalue weighted by molar-refractivity contribution is -0.386. The monoisotopic (exact) mass is 455 g/mol. The third-order valence-electron chi connectivity index (χ3n) is 4.41. The number of nitro groups is 1. The second kappa shape index (κ2) is 9.84. The maximum Gasteiger partial charge on any atom is 0.343 e. The van der Waals surface area contributed by atoms with Crippen LogP contribution in [-0.4, -0.2) is 32.8 Å². The predicted molar refractivity (Wildman–Crippen MR) is 117 cm³/mol. The smallest absolute Gasteiger partial charge is 0.343 e. The molecule has 3 aromatic rings. The number of hydrazone groups is 1. The zero-order valence-electron chi connectivity index (χ0n) is 17.1. The zero-order valence-corrected chi connectivity index (χ0v) is 17.9. The van der Waals surface area contributed by atoms with Gasteiger partial charge in [0.15, 0.2) is 0 Å². The molecule has 0 aliphatic carbocycles. The van der Waals surface area contributed by atoms with Crippen LogP contribution in [-0.2, 0) is 11.3 Å². The number of amides is 1. The van der Waals surface area contributed by atoms with Crippen LogP contribution in [0.3, 0.4) is 0 Å². The molecule has 0 atom stereocenters. The van der Waals surface area contributed by atoms with Crippen molar-refractivity contribution in [2.45, 2.75) is 20.4 Å². The molecule has 1 aromatic heterocycles. The number of carbonyl (C=O) groups is 2. The van der Waals surface area contributed by atoms with Crippen LogP contribution in [0.2, 0.25) is 5.02 Å². The molecule has 0 saturated heterocycles. The van der Waals surface area contributed by atoms with E-state index in [0.717, 1.165) is 0 Å². The quantitative estimate of drug-likeness (QED) is 0.191. The number of aromatic nitrogens is 2. The first-order chi connectivity index (χ1) is 15.3. The summed E-state index contributed by atoms with van der Waals surface area (Å²) in [5, 5.41) is 19.5. The Hall–Kier alpha value is -4.05. The summed E-state index contributed by atoms with van der Waals surface area (Å²) in [7, 11) is 0. The van der Waals surface area contributed by atoms with Gasteiger partial charge in [-0.05, 0) is 50.2 Å². The first kappa shape index (κ1) is 22.6. The first-order valence-corrected chi connectivity index (χ1v) is 9.71. The number of para-hydroxylation sites is 1. The summed E-state index contributed by atoms with van der Waals surface area (Å²) in [6.45, 7) is 2.77. The molecule has 10 nitrogen and oxygen atoms in total. The fourth-order valence-electron chi connectivity index (χ4n) is 2.88. The summed E-state index contributed by atoms with van der Waals surface area (Å²) >= 11 is 5.83. The van der Waals surface area contributed by atoms with Gasteiger partial charge in [-0.25, -0.2) is 10.2 Å². The average Bonchev–Trinajstić information content (AvgIpc) is 3.02. The number of hydrogen-bond acceptors (Lipinski definition) is 7. The van der Waals surface area contributed by atoms with E-state index in [9.17, 15) is 19.7 Å². The van der Waals surface area contributed by atoms with Crippen molar-refractivity contribution in [1.82, 2.24) is 15.2 Å². The molecule has 0 spiro atoms. The molecule has 0 aliphatic rings. The molecule has 1 heterocycles. The Morgan fingerprint density at radius 1 is 1.22 bits per heavy atom. The molecule has 3 rings (SSSR count). The van der Waals surface area contributed by atoms with E-state index in [4.69, 9.17) is 16.3 Å². The number of nitrogens with one attached hydrogen (secondary N) is 1. The SMILES string of the molecule is Cc1nn(CC(=O)N/N=C/c2ccccc2OC(=O)c2ccc(Cl)cc2)c(C)c1[N+](=O)[O-]. The van der Waals surface area contributed by atoms with E-state index in [2.05, 4.69) is 15.6 Å². The Kier molecular flexibility index (Phi) is 6.96. The number of hydrogen-bond donors (Lipinski definition) is 1. The summed E-state index contributed by atoms with van der Waals surface area (Å²) < 4.78 is 6.65. The van der Waals surface area contributed by atoms with Crippen LogP contribution in [0.4, 0.5) is 5.69 Å². The molecular weight excluding hydrogens is 438 g/mol. The summed E-state index contributed by atoms with van der Waals surface area (Å²) in [5.74, 6) is -0.852. The fraction of sp³-hybridized carbons (Fsp3) is 0.143. The molecule has 0 bridgehead atoms. The zero-order chi connectivity index (χ0) is 23.3. The van der Waals surface area contributed by atoms with Crippen molar-refractivity contribution in [3.63, 3.8) is 0 Å². The normalized spacial score (nSPS) is 10.8. The Morgan fingerprint density at radius 3 is 2.56 bits per heavy atom. The Morgan fingerprint density at radius 2 is 1.91 bits per heavy atom. The molecule has 0 unspecified atom stereocenters. The molecule has 2 aromatic carbocycles. The lowest BCUT2D eigenvalue weighted by Crippen LogP contribution is -2.24. The van der Waals surface area contributed by atoms with Gasteiger partial charge in [-0.15, -0.1) is 0 Å². The number of aryl methyl sites for hydroxylation is 1. The summed E-state index contributed by atoms with van der Waals surface area (Å²) in [4.78, 5) is 35.0. The topological polar surface area (TPSA) is 129 Å². The highest BCUT2D eigenvalue weighted by atomic mass is 35.5. The Bertz CT molecular complexity index is 1200. The van der Waals surface area contributed by atoms with Crippen molar-refractivity contribution in [1.29, 1.82) is 0 Å². The van der Waals surface area contributed by atoms with Gasteiger partial charge < -0.3 is 4.74 Å². The van der Waals surface area contributed by atoms with Crippen LogP contribution < -0.4 is 10.2 Å². The third kappa shape index (κ3) is 5.35. The molecule has 164 valence electrons. The second-order valence-corrected chi connectivity index (χ2v) is 7.10. The van der Waals surface area contributed by atoms with Crippen LogP contribution in [0, 0.1) is 24.0 Å². The van der Waals surface area contributed by atoms with E-state index in [-0.39, 0.29) is 29.4 Å². The van der Waals surface area contributed by atoms with Crippen molar-refractivity contribution in [3.05, 3.63) is 86.2 Å². The van der Waals surface area contributed by atoms with Gasteiger partial charge in [0.25, 0.3) is 5.91 Å². The largest absolute Gasteiger partial charge is 0.422 e. The average molecular weight is 456 g/mol. The fourth-order valence-corrected chi connectivity index (χ4v) is 3.00. The lowest BCUT2D eigenvalue weighted by Gasteiger charge is -2.07. The van der Waals surface area contributed by atoms with Gasteiger partial charge in [0, 0.05) is 10.6 Å². The van der Waals surface area contributed by atoms with E-state index < -0.39 is 16.8 Å². The standard InChI is InChI=1S/C21H18ClN5O5/c1-13-20(27(30)31)14(2)26(25-13)12-19(28)24-23-11-16-5-3-4-6-18(16)32-21(29)15-7-9-17(22)10-8-15/h3-11H,12H2,1-2H3,(H,24,28)/b23-11+. The molecular formula is C21H18ClN5O5. The van der Waals surface area contributed by atoms with Crippen molar-refractivity contribution in [2.24, 2.45) is 5.10 Å². The van der Waals surface area contributed by atoms with E-state index in [1.54, 1.807) is 48.5 Å². The van der Waals surface area contributed by atoms with Crippen molar-refractivity contribution >= 4 is 35.4 Å². The van der Waals surface area contributed by atoms with Crippen molar-refractivity contribution in [2.75, 3.05) is 0 Å². The minimum absolute atomic E-state index is 0.127. The van der Waals surface area contributed by atoms with E-state index in [1.807, 2.05) is 0 Å². The van der Waals surface area contributed by atoms with Gasteiger partial charge in [0.2, 0.25) is 0 Å². The van der Waals surface area contributed by atoms with Crippen LogP contribution in [0.25, 0.3) is 0 Å². The third-order valence-corrected chi connectivity index (χ3v) is 4.67. The van der Waals surface area contributed by atoms with Gasteiger partial charge in [-0.3, -0.25) is 19.6 Å².